The second-order valence-corrected chi connectivity index (χ2v) is 7.36. The first kappa shape index (κ1) is 19.7. The molecule has 1 heterocycles. The van der Waals surface area contributed by atoms with E-state index in [9.17, 15) is 0 Å². The van der Waals surface area contributed by atoms with Crippen LogP contribution in [0.25, 0.3) is 0 Å². The minimum Gasteiger partial charge on any atom is -0.339 e. The lowest BCUT2D eigenvalue weighted by Crippen LogP contribution is -2.41. The van der Waals surface area contributed by atoms with Crippen LogP contribution < -0.4 is 5.32 Å². The lowest BCUT2D eigenvalue weighted by Gasteiger charge is -2.32. The summed E-state index contributed by atoms with van der Waals surface area (Å²) in [5, 5.41) is 4.11. The van der Waals surface area contributed by atoms with Gasteiger partial charge in [-0.25, -0.2) is 0 Å². The number of benzene rings is 1. The Kier molecular flexibility index (Phi) is 7.68. The van der Waals surface area contributed by atoms with E-state index in [1.165, 1.54) is 4.90 Å². The van der Waals surface area contributed by atoms with Gasteiger partial charge >= 0.3 is 0 Å². The highest BCUT2D eigenvalue weighted by Crippen LogP contribution is 2.22. The van der Waals surface area contributed by atoms with Crippen molar-refractivity contribution in [2.75, 3.05) is 38.8 Å². The zero-order valence-corrected chi connectivity index (χ0v) is 16.9. The first-order chi connectivity index (χ1) is 12.0. The molecule has 1 atom stereocenters. The van der Waals surface area contributed by atoms with Gasteiger partial charge in [-0.3, -0.25) is 4.98 Å². The van der Waals surface area contributed by atoms with Gasteiger partial charge in [0, 0.05) is 29.9 Å². The number of nitrogens with one attached hydrogen (secondary N) is 1. The Hall–Kier alpha value is -1.63. The molecular formula is C19H26N4S2. The van der Waals surface area contributed by atoms with Gasteiger partial charge in [0.25, 0.3) is 0 Å². The van der Waals surface area contributed by atoms with Gasteiger partial charge in [-0.1, -0.05) is 12.1 Å². The summed E-state index contributed by atoms with van der Waals surface area (Å²) in [6, 6.07) is 14.4. The van der Waals surface area contributed by atoms with Gasteiger partial charge in [0.2, 0.25) is 0 Å². The molecule has 0 saturated heterocycles. The fraction of sp³-hybridized carbons (Fsp3) is 0.368. The molecular weight excluding hydrogens is 348 g/mol. The molecule has 0 bridgehead atoms. The molecule has 25 heavy (non-hydrogen) atoms. The lowest BCUT2D eigenvalue weighted by molar-refractivity contribution is 0.286. The number of anilines is 1. The molecule has 4 nitrogen and oxygen atoms in total. The highest BCUT2D eigenvalue weighted by Gasteiger charge is 2.20. The molecule has 0 saturated carbocycles. The Balaban J connectivity index is 2.17. The summed E-state index contributed by atoms with van der Waals surface area (Å²) in [7, 11) is 4.14. The Morgan fingerprint density at radius 1 is 1.20 bits per heavy atom. The van der Waals surface area contributed by atoms with E-state index < -0.39 is 0 Å². The third kappa shape index (κ3) is 5.99. The van der Waals surface area contributed by atoms with Crippen molar-refractivity contribution >= 4 is 34.8 Å². The molecule has 0 unspecified atom stereocenters. The van der Waals surface area contributed by atoms with Crippen LogP contribution in [-0.2, 0) is 0 Å². The summed E-state index contributed by atoms with van der Waals surface area (Å²) in [6.45, 7) is 3.90. The third-order valence-electron chi connectivity index (χ3n) is 3.95. The quantitative estimate of drug-likeness (QED) is 0.579. The van der Waals surface area contributed by atoms with Crippen LogP contribution >= 0.6 is 24.0 Å². The maximum atomic E-state index is 5.73. The van der Waals surface area contributed by atoms with Gasteiger partial charge in [-0.2, -0.15) is 0 Å². The molecule has 0 spiro atoms. The third-order valence-corrected chi connectivity index (χ3v) is 5.02. The molecule has 1 N–H and O–H groups in total. The van der Waals surface area contributed by atoms with Crippen molar-refractivity contribution in [2.45, 2.75) is 17.9 Å². The molecule has 2 aromatic rings. The van der Waals surface area contributed by atoms with E-state index >= 15 is 0 Å². The highest BCUT2D eigenvalue weighted by atomic mass is 32.2. The molecule has 0 amide bonds. The second kappa shape index (κ2) is 9.75. The number of rotatable bonds is 7. The molecule has 0 aliphatic rings. The molecule has 1 aromatic heterocycles. The topological polar surface area (TPSA) is 31.4 Å². The number of aromatic nitrogens is 1. The Bertz CT molecular complexity index is 676. The van der Waals surface area contributed by atoms with E-state index in [2.05, 4.69) is 59.5 Å². The van der Waals surface area contributed by atoms with Crippen LogP contribution in [0.15, 0.2) is 53.6 Å². The standard InChI is InChI=1S/C19H26N4S2/c1-15(18-10-5-6-11-20-18)23(13-12-22(2)3)19(24)21-16-8-7-9-17(14-16)25-4/h5-11,14-15H,12-13H2,1-4H3,(H,21,24)/t15-/m1/s1. The average molecular weight is 375 g/mol. The number of thiocarbonyl (C=S) groups is 1. The predicted octanol–water partition coefficient (Wildman–Crippen LogP) is 4.13. The van der Waals surface area contributed by atoms with Crippen LogP contribution in [0, 0.1) is 0 Å². The van der Waals surface area contributed by atoms with E-state index in [1.54, 1.807) is 11.8 Å². The summed E-state index contributed by atoms with van der Waals surface area (Å²) < 4.78 is 0. The smallest absolute Gasteiger partial charge is 0.174 e. The summed E-state index contributed by atoms with van der Waals surface area (Å²) in [5.41, 5.74) is 2.03. The Labute approximate surface area is 160 Å². The molecule has 0 aliphatic carbocycles. The molecule has 134 valence electrons. The number of pyridine rings is 1. The number of nitrogens with zero attached hydrogens (tertiary/aromatic N) is 3. The summed E-state index contributed by atoms with van der Waals surface area (Å²) in [4.78, 5) is 10.1. The summed E-state index contributed by atoms with van der Waals surface area (Å²) >= 11 is 7.45. The predicted molar refractivity (Wildman–Crippen MR) is 112 cm³/mol. The monoisotopic (exact) mass is 374 g/mol. The molecule has 0 radical (unpaired) electrons. The summed E-state index contributed by atoms with van der Waals surface area (Å²) in [5.74, 6) is 0. The summed E-state index contributed by atoms with van der Waals surface area (Å²) in [6.07, 6.45) is 3.90. The lowest BCUT2D eigenvalue weighted by atomic mass is 10.2. The van der Waals surface area contributed by atoms with Crippen LogP contribution in [0.3, 0.4) is 0 Å². The number of hydrogen-bond donors (Lipinski definition) is 1. The highest BCUT2D eigenvalue weighted by molar-refractivity contribution is 7.98. The van der Waals surface area contributed by atoms with Crippen LogP contribution in [-0.4, -0.2) is 53.3 Å². The van der Waals surface area contributed by atoms with Gasteiger partial charge in [0.05, 0.1) is 11.7 Å². The molecule has 0 aliphatic heterocycles. The van der Waals surface area contributed by atoms with Crippen molar-refractivity contribution in [3.05, 3.63) is 54.4 Å². The molecule has 1 aromatic carbocycles. The largest absolute Gasteiger partial charge is 0.339 e. The van der Waals surface area contributed by atoms with Crippen LogP contribution in [0.2, 0.25) is 0 Å². The minimum absolute atomic E-state index is 0.102. The zero-order valence-electron chi connectivity index (χ0n) is 15.3. The van der Waals surface area contributed by atoms with Crippen molar-refractivity contribution in [2.24, 2.45) is 0 Å². The zero-order chi connectivity index (χ0) is 18.2. The van der Waals surface area contributed by atoms with E-state index in [-0.39, 0.29) is 6.04 Å². The van der Waals surface area contributed by atoms with E-state index in [4.69, 9.17) is 12.2 Å². The number of thioether (sulfide) groups is 1. The van der Waals surface area contributed by atoms with Gasteiger partial charge in [0.1, 0.15) is 0 Å². The van der Waals surface area contributed by atoms with Crippen molar-refractivity contribution in [3.8, 4) is 0 Å². The van der Waals surface area contributed by atoms with Crippen molar-refractivity contribution in [1.29, 1.82) is 0 Å². The molecule has 0 fully saturated rings. The van der Waals surface area contributed by atoms with Crippen LogP contribution in [0.1, 0.15) is 18.7 Å². The van der Waals surface area contributed by atoms with E-state index in [0.717, 1.165) is 29.6 Å². The van der Waals surface area contributed by atoms with Crippen LogP contribution in [0.4, 0.5) is 5.69 Å². The van der Waals surface area contributed by atoms with Crippen molar-refractivity contribution < 1.29 is 0 Å². The maximum Gasteiger partial charge on any atom is 0.174 e. The van der Waals surface area contributed by atoms with Crippen molar-refractivity contribution in [3.63, 3.8) is 0 Å². The van der Waals surface area contributed by atoms with E-state index in [0.29, 0.717) is 0 Å². The first-order valence-electron chi connectivity index (χ1n) is 8.28. The Morgan fingerprint density at radius 3 is 2.64 bits per heavy atom. The van der Waals surface area contributed by atoms with E-state index in [1.807, 2.05) is 36.5 Å². The maximum absolute atomic E-state index is 5.73. The normalized spacial score (nSPS) is 12.0. The molecule has 2 rings (SSSR count). The second-order valence-electron chi connectivity index (χ2n) is 6.09. The first-order valence-corrected chi connectivity index (χ1v) is 9.92. The Morgan fingerprint density at radius 2 is 2.00 bits per heavy atom. The number of likely N-dealkylation sites (N-methyl/N-ethyl adjacent to an activating group) is 1. The minimum atomic E-state index is 0.102. The van der Waals surface area contributed by atoms with Gasteiger partial charge in [-0.15, -0.1) is 11.8 Å². The molecule has 6 heteroatoms. The van der Waals surface area contributed by atoms with Crippen LogP contribution in [0.5, 0.6) is 0 Å². The number of hydrogen-bond acceptors (Lipinski definition) is 4. The average Bonchev–Trinajstić information content (AvgIpc) is 2.62. The van der Waals surface area contributed by atoms with Gasteiger partial charge < -0.3 is 15.1 Å². The fourth-order valence-electron chi connectivity index (χ4n) is 2.46. The van der Waals surface area contributed by atoms with Crippen molar-refractivity contribution in [1.82, 2.24) is 14.8 Å². The van der Waals surface area contributed by atoms with Gasteiger partial charge in [-0.05, 0) is 69.8 Å². The van der Waals surface area contributed by atoms with Gasteiger partial charge in [0.15, 0.2) is 5.11 Å². The fourth-order valence-corrected chi connectivity index (χ4v) is 3.28. The SMILES string of the molecule is CSc1cccc(NC(=S)N(CCN(C)C)[C@H](C)c2ccccn2)c1.